The Morgan fingerprint density at radius 2 is 1.91 bits per heavy atom. The van der Waals surface area contributed by atoms with Crippen LogP contribution in [0.1, 0.15) is 32.4 Å². The van der Waals surface area contributed by atoms with E-state index in [1.807, 2.05) is 0 Å². The fourth-order valence-corrected chi connectivity index (χ4v) is 1.65. The number of carbonyl (C=O) groups excluding carboxylic acids is 1. The summed E-state index contributed by atoms with van der Waals surface area (Å²) in [5.41, 5.74) is -3.25. The topological polar surface area (TPSA) is 119 Å². The summed E-state index contributed by atoms with van der Waals surface area (Å²) in [7, 11) is 0. The van der Waals surface area contributed by atoms with Crippen LogP contribution in [-0.2, 0) is 9.53 Å². The van der Waals surface area contributed by atoms with Crippen molar-refractivity contribution >= 4 is 17.7 Å². The van der Waals surface area contributed by atoms with Gasteiger partial charge in [0, 0.05) is 6.07 Å². The monoisotopic (exact) mass is 332 g/mol. The number of alkyl carbamates (subject to hydrolysis) is 1. The molecule has 126 valence electrons. The Morgan fingerprint density at radius 3 is 2.35 bits per heavy atom. The number of nitrogens with zero attached hydrogens (tertiary/aromatic N) is 1. The standard InChI is InChI=1S/C13H14F2N2O6/c1-13(2,3)23-12(20)16-10(11(18)19)8-6(14)4-5-7(9(8)15)17(21)22/h4-5,10H,1-3H3,(H,16,20)(H,18,19). The third-order valence-corrected chi connectivity index (χ3v) is 2.50. The lowest BCUT2D eigenvalue weighted by Gasteiger charge is -2.22. The molecule has 0 radical (unpaired) electrons. The summed E-state index contributed by atoms with van der Waals surface area (Å²) in [6.45, 7) is 4.49. The molecule has 0 bridgehead atoms. The lowest BCUT2D eigenvalue weighted by molar-refractivity contribution is -0.387. The highest BCUT2D eigenvalue weighted by atomic mass is 19.1. The van der Waals surface area contributed by atoms with E-state index in [1.54, 1.807) is 5.32 Å². The Labute approximate surface area is 129 Å². The van der Waals surface area contributed by atoms with E-state index in [0.717, 1.165) is 0 Å². The quantitative estimate of drug-likeness (QED) is 0.646. The van der Waals surface area contributed by atoms with Crippen molar-refractivity contribution in [2.24, 2.45) is 0 Å². The Balaban J connectivity index is 3.27. The van der Waals surface area contributed by atoms with E-state index in [1.165, 1.54) is 20.8 Å². The molecule has 1 aromatic carbocycles. The molecule has 1 atom stereocenters. The lowest BCUT2D eigenvalue weighted by Crippen LogP contribution is -2.39. The van der Waals surface area contributed by atoms with E-state index in [-0.39, 0.29) is 0 Å². The normalized spacial score (nSPS) is 12.4. The molecule has 8 nitrogen and oxygen atoms in total. The molecular formula is C13H14F2N2O6. The van der Waals surface area contributed by atoms with E-state index in [9.17, 15) is 28.5 Å². The van der Waals surface area contributed by atoms with Crippen LogP contribution in [0.2, 0.25) is 0 Å². The smallest absolute Gasteiger partial charge is 0.408 e. The van der Waals surface area contributed by atoms with Gasteiger partial charge in [-0.3, -0.25) is 10.1 Å². The lowest BCUT2D eigenvalue weighted by atomic mass is 10.0. The third-order valence-electron chi connectivity index (χ3n) is 2.50. The first-order chi connectivity index (χ1) is 10.4. The number of nitro groups is 1. The summed E-state index contributed by atoms with van der Waals surface area (Å²) in [4.78, 5) is 32.4. The zero-order valence-corrected chi connectivity index (χ0v) is 12.4. The number of hydrogen-bond acceptors (Lipinski definition) is 5. The second-order valence-electron chi connectivity index (χ2n) is 5.47. The first-order valence-electron chi connectivity index (χ1n) is 6.28. The highest BCUT2D eigenvalue weighted by Gasteiger charge is 2.34. The number of nitrogens with one attached hydrogen (secondary N) is 1. The Kier molecular flexibility index (Phi) is 5.20. The van der Waals surface area contributed by atoms with E-state index < -0.39 is 51.5 Å². The van der Waals surface area contributed by atoms with Crippen molar-refractivity contribution in [2.75, 3.05) is 0 Å². The molecule has 1 rings (SSSR count). The molecule has 0 aliphatic rings. The SMILES string of the molecule is CC(C)(C)OC(=O)NC(C(=O)O)c1c(F)ccc([N+](=O)[O-])c1F. The van der Waals surface area contributed by atoms with Gasteiger partial charge in [-0.05, 0) is 26.8 Å². The van der Waals surface area contributed by atoms with Gasteiger partial charge in [-0.15, -0.1) is 0 Å². The van der Waals surface area contributed by atoms with Gasteiger partial charge in [0.1, 0.15) is 11.4 Å². The molecule has 1 amide bonds. The first-order valence-corrected chi connectivity index (χ1v) is 6.28. The number of carbonyl (C=O) groups is 2. The van der Waals surface area contributed by atoms with Crippen molar-refractivity contribution in [2.45, 2.75) is 32.4 Å². The van der Waals surface area contributed by atoms with E-state index in [0.29, 0.717) is 12.1 Å². The number of rotatable bonds is 4. The van der Waals surface area contributed by atoms with Crippen molar-refractivity contribution in [3.63, 3.8) is 0 Å². The molecule has 0 aromatic heterocycles. The molecule has 0 aliphatic carbocycles. The summed E-state index contributed by atoms with van der Waals surface area (Å²) in [6, 6.07) is -1.09. The van der Waals surface area contributed by atoms with E-state index >= 15 is 0 Å². The first kappa shape index (κ1) is 18.3. The summed E-state index contributed by atoms with van der Waals surface area (Å²) in [6.07, 6.45) is -1.24. The van der Waals surface area contributed by atoms with Crippen LogP contribution in [0, 0.1) is 21.7 Å². The second-order valence-corrected chi connectivity index (χ2v) is 5.47. The summed E-state index contributed by atoms with van der Waals surface area (Å²) < 4.78 is 32.6. The number of aliphatic carboxylic acids is 1. The Bertz CT molecular complexity index is 657. The third kappa shape index (κ3) is 4.59. The minimum Gasteiger partial charge on any atom is -0.479 e. The number of amides is 1. The van der Waals surface area contributed by atoms with Crippen molar-refractivity contribution in [3.05, 3.63) is 39.4 Å². The average Bonchev–Trinajstić information content (AvgIpc) is 2.34. The Hall–Kier alpha value is -2.78. The molecule has 23 heavy (non-hydrogen) atoms. The maximum Gasteiger partial charge on any atom is 0.408 e. The molecule has 0 aliphatic heterocycles. The number of carboxylic acid groups (broad SMARTS) is 1. The summed E-state index contributed by atoms with van der Waals surface area (Å²) >= 11 is 0. The minimum absolute atomic E-state index is 0.545. The molecule has 0 saturated carbocycles. The Morgan fingerprint density at radius 1 is 1.35 bits per heavy atom. The molecule has 1 aromatic rings. The maximum atomic E-state index is 14.0. The van der Waals surface area contributed by atoms with Crippen LogP contribution in [0.25, 0.3) is 0 Å². The second kappa shape index (κ2) is 6.55. The zero-order chi connectivity index (χ0) is 17.9. The van der Waals surface area contributed by atoms with Crippen molar-refractivity contribution in [3.8, 4) is 0 Å². The largest absolute Gasteiger partial charge is 0.479 e. The number of benzene rings is 1. The number of ether oxygens (including phenoxy) is 1. The molecule has 0 spiro atoms. The number of carboxylic acids is 1. The predicted octanol–water partition coefficient (Wildman–Crippen LogP) is 2.52. The molecule has 0 fully saturated rings. The number of nitro benzene ring substituents is 1. The number of halogens is 2. The summed E-state index contributed by atoms with van der Waals surface area (Å²) in [5.74, 6) is -4.84. The number of hydrogen-bond donors (Lipinski definition) is 2. The van der Waals surface area contributed by atoms with Gasteiger partial charge < -0.3 is 15.2 Å². The molecular weight excluding hydrogens is 318 g/mol. The van der Waals surface area contributed by atoms with Crippen LogP contribution in [0.4, 0.5) is 19.3 Å². The van der Waals surface area contributed by atoms with Crippen LogP contribution in [0.3, 0.4) is 0 Å². The molecule has 10 heteroatoms. The summed E-state index contributed by atoms with van der Waals surface area (Å²) in [5, 5.41) is 21.5. The molecule has 2 N–H and O–H groups in total. The highest BCUT2D eigenvalue weighted by Crippen LogP contribution is 2.28. The van der Waals surface area contributed by atoms with Gasteiger partial charge in [0.05, 0.1) is 10.5 Å². The molecule has 0 saturated heterocycles. The van der Waals surface area contributed by atoms with Crippen LogP contribution in [0.15, 0.2) is 12.1 Å². The zero-order valence-electron chi connectivity index (χ0n) is 12.4. The van der Waals surface area contributed by atoms with Gasteiger partial charge >= 0.3 is 17.7 Å². The van der Waals surface area contributed by atoms with Gasteiger partial charge in [-0.2, -0.15) is 4.39 Å². The van der Waals surface area contributed by atoms with Gasteiger partial charge in [-0.1, -0.05) is 0 Å². The minimum atomic E-state index is -2.19. The van der Waals surface area contributed by atoms with Gasteiger partial charge in [0.25, 0.3) is 0 Å². The fourth-order valence-electron chi connectivity index (χ4n) is 1.65. The maximum absolute atomic E-state index is 14.0. The van der Waals surface area contributed by atoms with E-state index in [2.05, 4.69) is 0 Å². The van der Waals surface area contributed by atoms with Crippen LogP contribution in [-0.4, -0.2) is 27.7 Å². The fraction of sp³-hybridized carbons (Fsp3) is 0.385. The van der Waals surface area contributed by atoms with Crippen LogP contribution >= 0.6 is 0 Å². The van der Waals surface area contributed by atoms with Crippen molar-refractivity contribution in [1.29, 1.82) is 0 Å². The van der Waals surface area contributed by atoms with Gasteiger partial charge in [-0.25, -0.2) is 14.0 Å². The molecule has 0 heterocycles. The van der Waals surface area contributed by atoms with Crippen molar-refractivity contribution < 1.29 is 33.1 Å². The molecule has 1 unspecified atom stereocenters. The van der Waals surface area contributed by atoms with Crippen LogP contribution < -0.4 is 5.32 Å². The predicted molar refractivity (Wildman–Crippen MR) is 72.8 cm³/mol. The average molecular weight is 332 g/mol. The van der Waals surface area contributed by atoms with E-state index in [4.69, 9.17) is 9.84 Å². The van der Waals surface area contributed by atoms with Crippen LogP contribution in [0.5, 0.6) is 0 Å². The highest BCUT2D eigenvalue weighted by molar-refractivity contribution is 5.81. The van der Waals surface area contributed by atoms with Gasteiger partial charge in [0.2, 0.25) is 5.82 Å². The van der Waals surface area contributed by atoms with Crippen molar-refractivity contribution in [1.82, 2.24) is 5.32 Å². The van der Waals surface area contributed by atoms with Gasteiger partial charge in [0.15, 0.2) is 6.04 Å².